The fourth-order valence-corrected chi connectivity index (χ4v) is 4.05. The summed E-state index contributed by atoms with van der Waals surface area (Å²) in [5.74, 6) is 0.616. The molecule has 1 fully saturated rings. The molecular weight excluding hydrogens is 298 g/mol. The van der Waals surface area contributed by atoms with Crippen molar-refractivity contribution < 1.29 is 4.74 Å². The van der Waals surface area contributed by atoms with Gasteiger partial charge in [-0.1, -0.05) is 6.92 Å². The first-order valence-corrected chi connectivity index (χ1v) is 8.05. The summed E-state index contributed by atoms with van der Waals surface area (Å²) in [6.45, 7) is 5.29. The maximum absolute atomic E-state index is 5.99. The molecule has 0 saturated carbocycles. The van der Waals surface area contributed by atoms with Gasteiger partial charge >= 0.3 is 0 Å². The van der Waals surface area contributed by atoms with Crippen molar-refractivity contribution in [3.63, 3.8) is 0 Å². The smallest absolute Gasteiger partial charge is 0.0968 e. The van der Waals surface area contributed by atoms with Gasteiger partial charge in [0.15, 0.2) is 0 Å². The number of hydrogen-bond donors (Lipinski definition) is 1. The minimum absolute atomic E-state index is 0.280. The van der Waals surface area contributed by atoms with Gasteiger partial charge in [0.25, 0.3) is 0 Å². The van der Waals surface area contributed by atoms with E-state index < -0.39 is 0 Å². The lowest BCUT2D eigenvalue weighted by Gasteiger charge is -2.31. The largest absolute Gasteiger partial charge is 0.372 e. The SMILES string of the molecule is CCCNCC1CCCOC1c1sccc1Br. The standard InChI is InChI=1S/C13H20BrNOS/c1-2-6-15-9-10-4-3-7-16-12(10)13-11(14)5-8-17-13/h5,8,10,12,15H,2-4,6-7,9H2,1H3. The molecule has 2 heterocycles. The summed E-state index contributed by atoms with van der Waals surface area (Å²) in [7, 11) is 0. The second-order valence-corrected chi connectivity index (χ2v) is 6.33. The van der Waals surface area contributed by atoms with E-state index in [4.69, 9.17) is 4.74 Å². The van der Waals surface area contributed by atoms with Crippen LogP contribution in [-0.2, 0) is 4.74 Å². The highest BCUT2D eigenvalue weighted by molar-refractivity contribution is 9.10. The highest BCUT2D eigenvalue weighted by atomic mass is 79.9. The van der Waals surface area contributed by atoms with Crippen molar-refractivity contribution >= 4 is 27.3 Å². The van der Waals surface area contributed by atoms with Crippen LogP contribution < -0.4 is 5.32 Å². The molecule has 0 spiro atoms. The van der Waals surface area contributed by atoms with E-state index >= 15 is 0 Å². The van der Waals surface area contributed by atoms with Crippen molar-refractivity contribution in [3.05, 3.63) is 20.8 Å². The molecule has 4 heteroatoms. The van der Waals surface area contributed by atoms with Crippen molar-refractivity contribution in [2.45, 2.75) is 32.3 Å². The highest BCUT2D eigenvalue weighted by Crippen LogP contribution is 2.39. The van der Waals surface area contributed by atoms with Gasteiger partial charge in [-0.25, -0.2) is 0 Å². The van der Waals surface area contributed by atoms with Gasteiger partial charge in [0.1, 0.15) is 0 Å². The molecule has 0 bridgehead atoms. The van der Waals surface area contributed by atoms with Crippen molar-refractivity contribution in [1.82, 2.24) is 5.32 Å². The second-order valence-electron chi connectivity index (χ2n) is 4.53. The van der Waals surface area contributed by atoms with Gasteiger partial charge < -0.3 is 10.1 Å². The number of thiophene rings is 1. The number of rotatable bonds is 5. The van der Waals surface area contributed by atoms with Crippen LogP contribution in [0.3, 0.4) is 0 Å². The summed E-state index contributed by atoms with van der Waals surface area (Å²) in [5, 5.41) is 5.66. The Bertz CT molecular complexity index is 342. The lowest BCUT2D eigenvalue weighted by atomic mass is 9.93. The lowest BCUT2D eigenvalue weighted by molar-refractivity contribution is -0.0259. The zero-order valence-corrected chi connectivity index (χ0v) is 12.6. The first-order chi connectivity index (χ1) is 8.33. The first-order valence-electron chi connectivity index (χ1n) is 6.38. The topological polar surface area (TPSA) is 21.3 Å². The molecule has 1 aliphatic rings. The van der Waals surface area contributed by atoms with E-state index in [0.717, 1.165) is 19.7 Å². The molecule has 0 radical (unpaired) electrons. The van der Waals surface area contributed by atoms with Gasteiger partial charge in [-0.2, -0.15) is 0 Å². The van der Waals surface area contributed by atoms with E-state index in [9.17, 15) is 0 Å². The van der Waals surface area contributed by atoms with E-state index in [1.165, 1.54) is 28.6 Å². The van der Waals surface area contributed by atoms with E-state index in [2.05, 4.69) is 39.6 Å². The molecule has 0 amide bonds. The van der Waals surface area contributed by atoms with Crippen LogP contribution in [0, 0.1) is 5.92 Å². The Morgan fingerprint density at radius 2 is 2.47 bits per heavy atom. The summed E-state index contributed by atoms with van der Waals surface area (Å²) in [4.78, 5) is 1.35. The first kappa shape index (κ1) is 13.5. The number of halogens is 1. The molecule has 1 aromatic rings. The zero-order chi connectivity index (χ0) is 12.1. The Balaban J connectivity index is 1.99. The molecule has 0 aromatic carbocycles. The maximum atomic E-state index is 5.99. The van der Waals surface area contributed by atoms with E-state index in [1.54, 1.807) is 11.3 Å². The van der Waals surface area contributed by atoms with Gasteiger partial charge in [-0.15, -0.1) is 11.3 Å². The molecule has 2 atom stereocenters. The number of hydrogen-bond acceptors (Lipinski definition) is 3. The second kappa shape index (κ2) is 6.88. The minimum Gasteiger partial charge on any atom is -0.372 e. The Morgan fingerprint density at radius 1 is 1.59 bits per heavy atom. The monoisotopic (exact) mass is 317 g/mol. The predicted molar refractivity (Wildman–Crippen MR) is 76.6 cm³/mol. The Kier molecular flexibility index (Phi) is 5.48. The molecule has 1 N–H and O–H groups in total. The summed E-state index contributed by atoms with van der Waals surface area (Å²) >= 11 is 5.42. The van der Waals surface area contributed by atoms with Crippen LogP contribution in [0.5, 0.6) is 0 Å². The van der Waals surface area contributed by atoms with Gasteiger partial charge in [-0.05, 0) is 53.2 Å². The number of ether oxygens (including phenoxy) is 1. The fourth-order valence-electron chi connectivity index (χ4n) is 2.31. The van der Waals surface area contributed by atoms with Crippen LogP contribution in [0.25, 0.3) is 0 Å². The quantitative estimate of drug-likeness (QED) is 0.829. The van der Waals surface area contributed by atoms with Crippen molar-refractivity contribution in [1.29, 1.82) is 0 Å². The van der Waals surface area contributed by atoms with Crippen LogP contribution in [0.2, 0.25) is 0 Å². The summed E-state index contributed by atoms with van der Waals surface area (Å²) in [6, 6.07) is 2.12. The third kappa shape index (κ3) is 3.53. The fraction of sp³-hybridized carbons (Fsp3) is 0.692. The Labute approximate surface area is 116 Å². The zero-order valence-electron chi connectivity index (χ0n) is 10.2. The molecular formula is C13H20BrNOS. The molecule has 0 aliphatic carbocycles. The predicted octanol–water partition coefficient (Wildman–Crippen LogP) is 3.98. The van der Waals surface area contributed by atoms with Crippen LogP contribution in [0.1, 0.15) is 37.2 Å². The van der Waals surface area contributed by atoms with E-state index in [-0.39, 0.29) is 6.10 Å². The average molecular weight is 318 g/mol. The molecule has 2 rings (SSSR count). The normalized spacial score (nSPS) is 25.1. The van der Waals surface area contributed by atoms with Crippen molar-refractivity contribution in [2.24, 2.45) is 5.92 Å². The third-order valence-corrected chi connectivity index (χ3v) is 5.11. The van der Waals surface area contributed by atoms with Crippen molar-refractivity contribution in [3.8, 4) is 0 Å². The van der Waals surface area contributed by atoms with Gasteiger partial charge in [0.2, 0.25) is 0 Å². The Morgan fingerprint density at radius 3 is 3.18 bits per heavy atom. The molecule has 96 valence electrons. The summed E-state index contributed by atoms with van der Waals surface area (Å²) in [5.41, 5.74) is 0. The lowest BCUT2D eigenvalue weighted by Crippen LogP contribution is -2.32. The molecule has 2 unspecified atom stereocenters. The van der Waals surface area contributed by atoms with Gasteiger partial charge in [0, 0.05) is 28.4 Å². The van der Waals surface area contributed by atoms with Gasteiger partial charge in [-0.3, -0.25) is 0 Å². The van der Waals surface area contributed by atoms with E-state index in [1.807, 2.05) is 0 Å². The van der Waals surface area contributed by atoms with Crippen LogP contribution in [0.4, 0.5) is 0 Å². The number of nitrogens with one attached hydrogen (secondary N) is 1. The Hall–Kier alpha value is 0.100. The maximum Gasteiger partial charge on any atom is 0.0968 e. The highest BCUT2D eigenvalue weighted by Gasteiger charge is 2.29. The van der Waals surface area contributed by atoms with Crippen LogP contribution in [-0.4, -0.2) is 19.7 Å². The average Bonchev–Trinajstić information content (AvgIpc) is 2.76. The molecule has 1 aromatic heterocycles. The van der Waals surface area contributed by atoms with E-state index in [0.29, 0.717) is 5.92 Å². The summed E-state index contributed by atoms with van der Waals surface area (Å²) in [6.07, 6.45) is 3.94. The minimum atomic E-state index is 0.280. The molecule has 1 saturated heterocycles. The molecule has 1 aliphatic heterocycles. The molecule has 17 heavy (non-hydrogen) atoms. The van der Waals surface area contributed by atoms with Crippen LogP contribution >= 0.6 is 27.3 Å². The van der Waals surface area contributed by atoms with Gasteiger partial charge in [0.05, 0.1) is 6.10 Å². The summed E-state index contributed by atoms with van der Waals surface area (Å²) < 4.78 is 7.19. The third-order valence-electron chi connectivity index (χ3n) is 3.18. The molecule has 2 nitrogen and oxygen atoms in total. The van der Waals surface area contributed by atoms with Crippen LogP contribution in [0.15, 0.2) is 15.9 Å². The van der Waals surface area contributed by atoms with Crippen molar-refractivity contribution in [2.75, 3.05) is 19.7 Å².